The van der Waals surface area contributed by atoms with Crippen molar-refractivity contribution in [3.63, 3.8) is 0 Å². The van der Waals surface area contributed by atoms with E-state index in [0.717, 1.165) is 30.1 Å². The average Bonchev–Trinajstić information content (AvgIpc) is 2.52. The number of benzene rings is 1. The second kappa shape index (κ2) is 7.38. The molecule has 25 heavy (non-hydrogen) atoms. The van der Waals surface area contributed by atoms with Gasteiger partial charge >= 0.3 is 12.1 Å². The fourth-order valence-corrected chi connectivity index (χ4v) is 2.34. The number of hydrogen-bond donors (Lipinski definition) is 3. The highest BCUT2D eigenvalue weighted by atomic mass is 32.2. The summed E-state index contributed by atoms with van der Waals surface area (Å²) in [5.41, 5.74) is 4.32. The van der Waals surface area contributed by atoms with Gasteiger partial charge in [0.1, 0.15) is 11.4 Å². The Morgan fingerprint density at radius 2 is 2.04 bits per heavy atom. The lowest BCUT2D eigenvalue weighted by Gasteiger charge is -2.09. The molecule has 0 radical (unpaired) electrons. The van der Waals surface area contributed by atoms with Crippen LogP contribution in [0.1, 0.15) is 15.9 Å². The molecule has 0 unspecified atom stereocenters. The first-order valence-electron chi connectivity index (χ1n) is 6.62. The predicted octanol–water partition coefficient (Wildman–Crippen LogP) is 2.51. The number of aromatic carboxylic acids is 1. The number of nitrogens with zero attached hydrogens (tertiary/aromatic N) is 2. The largest absolute Gasteiger partial charge is 0.477 e. The highest BCUT2D eigenvalue weighted by Gasteiger charge is 2.30. The molecule has 11 heteroatoms. The molecule has 4 N–H and O–H groups in total. The molecule has 1 aromatic heterocycles. The number of aromatic nitrogens is 2. The van der Waals surface area contributed by atoms with Crippen LogP contribution in [0.15, 0.2) is 35.6 Å². The molecule has 1 amide bonds. The topological polar surface area (TPSA) is 118 Å². The van der Waals surface area contributed by atoms with E-state index in [4.69, 9.17) is 10.8 Å². The van der Waals surface area contributed by atoms with Gasteiger partial charge in [-0.2, -0.15) is 13.2 Å². The lowest BCUT2D eigenvalue weighted by Crippen LogP contribution is -2.15. The molecule has 132 valence electrons. The van der Waals surface area contributed by atoms with Crippen molar-refractivity contribution in [1.82, 2.24) is 9.97 Å². The molecule has 2 rings (SSSR count). The van der Waals surface area contributed by atoms with Crippen molar-refractivity contribution in [3.8, 4) is 0 Å². The maximum absolute atomic E-state index is 12.6. The Labute approximate surface area is 143 Å². The molecule has 0 fully saturated rings. The normalized spacial score (nSPS) is 11.2. The minimum Gasteiger partial charge on any atom is -0.477 e. The molecular formula is C14H11F3N4O3S. The monoisotopic (exact) mass is 372 g/mol. The number of carboxylic acids is 1. The molecule has 0 aliphatic carbocycles. The van der Waals surface area contributed by atoms with Crippen LogP contribution < -0.4 is 11.1 Å². The molecule has 1 heterocycles. The number of carbonyl (C=O) groups is 2. The van der Waals surface area contributed by atoms with Crippen molar-refractivity contribution in [2.45, 2.75) is 11.3 Å². The minimum absolute atomic E-state index is 0.00193. The number of thioether (sulfide) groups is 1. The van der Waals surface area contributed by atoms with Crippen molar-refractivity contribution >= 4 is 35.1 Å². The summed E-state index contributed by atoms with van der Waals surface area (Å²) >= 11 is 0.863. The zero-order valence-corrected chi connectivity index (χ0v) is 13.2. The fraction of sp³-hybridized carbons (Fsp3) is 0.143. The Hall–Kier alpha value is -2.82. The van der Waals surface area contributed by atoms with E-state index in [-0.39, 0.29) is 28.0 Å². The third-order valence-corrected chi connectivity index (χ3v) is 3.69. The Morgan fingerprint density at radius 3 is 2.64 bits per heavy atom. The highest BCUT2D eigenvalue weighted by molar-refractivity contribution is 7.99. The number of rotatable bonds is 5. The van der Waals surface area contributed by atoms with Gasteiger partial charge in [0.25, 0.3) is 0 Å². The van der Waals surface area contributed by atoms with Crippen LogP contribution in [0.25, 0.3) is 0 Å². The molecule has 0 aliphatic heterocycles. The van der Waals surface area contributed by atoms with Crippen molar-refractivity contribution in [1.29, 1.82) is 0 Å². The first-order valence-corrected chi connectivity index (χ1v) is 7.61. The molecular weight excluding hydrogens is 361 g/mol. The maximum atomic E-state index is 12.6. The number of amides is 1. The lowest BCUT2D eigenvalue weighted by molar-refractivity contribution is -0.137. The molecule has 0 bridgehead atoms. The number of nitrogens with two attached hydrogens (primary N) is 1. The third-order valence-electron chi connectivity index (χ3n) is 2.83. The van der Waals surface area contributed by atoms with E-state index in [2.05, 4.69) is 15.3 Å². The summed E-state index contributed by atoms with van der Waals surface area (Å²) in [6, 6.07) is 4.22. The molecule has 2 aromatic rings. The standard InChI is InChI=1S/C14H11F3N4O3S/c15-14(16,17)7-2-1-3-8(4-7)20-10(22)6-25-13-19-5-9(12(23)24)11(18)21-13/h1-5H,6H2,(H,20,22)(H,23,24)(H2,18,19,21). The summed E-state index contributed by atoms with van der Waals surface area (Å²) in [6.45, 7) is 0. The quantitative estimate of drug-likeness (QED) is 0.545. The molecule has 1 aromatic carbocycles. The first-order chi connectivity index (χ1) is 11.7. The Balaban J connectivity index is 1.97. The zero-order chi connectivity index (χ0) is 18.6. The molecule has 7 nitrogen and oxygen atoms in total. The minimum atomic E-state index is -4.51. The first kappa shape index (κ1) is 18.5. The van der Waals surface area contributed by atoms with E-state index >= 15 is 0 Å². The lowest BCUT2D eigenvalue weighted by atomic mass is 10.2. The van der Waals surface area contributed by atoms with Gasteiger partial charge in [-0.25, -0.2) is 14.8 Å². The van der Waals surface area contributed by atoms with Crippen LogP contribution in [0.2, 0.25) is 0 Å². The Bertz CT molecular complexity index is 814. The van der Waals surface area contributed by atoms with Gasteiger partial charge in [-0.15, -0.1) is 0 Å². The van der Waals surface area contributed by atoms with E-state index < -0.39 is 23.6 Å². The number of hydrogen-bond acceptors (Lipinski definition) is 6. The average molecular weight is 372 g/mol. The third kappa shape index (κ3) is 5.08. The van der Waals surface area contributed by atoms with Crippen molar-refractivity contribution in [2.75, 3.05) is 16.8 Å². The van der Waals surface area contributed by atoms with E-state index in [0.29, 0.717) is 0 Å². The van der Waals surface area contributed by atoms with E-state index in [1.54, 1.807) is 0 Å². The molecule has 0 aliphatic rings. The van der Waals surface area contributed by atoms with Crippen LogP contribution >= 0.6 is 11.8 Å². The molecule has 0 atom stereocenters. The van der Waals surface area contributed by atoms with Gasteiger partial charge in [0.15, 0.2) is 5.16 Å². The van der Waals surface area contributed by atoms with Gasteiger partial charge in [-0.1, -0.05) is 17.8 Å². The van der Waals surface area contributed by atoms with Crippen LogP contribution in [0.3, 0.4) is 0 Å². The predicted molar refractivity (Wildman–Crippen MR) is 84.2 cm³/mol. The summed E-state index contributed by atoms with van der Waals surface area (Å²) in [4.78, 5) is 30.1. The number of alkyl halides is 3. The Kier molecular flexibility index (Phi) is 5.47. The summed E-state index contributed by atoms with van der Waals surface area (Å²) in [6.07, 6.45) is -3.50. The van der Waals surface area contributed by atoms with Gasteiger partial charge in [-0.05, 0) is 18.2 Å². The number of halogens is 3. The second-order valence-corrected chi connectivity index (χ2v) is 5.61. The summed E-state index contributed by atoms with van der Waals surface area (Å²) in [7, 11) is 0. The van der Waals surface area contributed by atoms with Gasteiger partial charge in [-0.3, -0.25) is 4.79 Å². The number of anilines is 2. The van der Waals surface area contributed by atoms with Gasteiger partial charge in [0.05, 0.1) is 11.3 Å². The van der Waals surface area contributed by atoms with Crippen LogP contribution in [-0.2, 0) is 11.0 Å². The van der Waals surface area contributed by atoms with E-state index in [9.17, 15) is 22.8 Å². The summed E-state index contributed by atoms with van der Waals surface area (Å²) in [5.74, 6) is -2.30. The number of carbonyl (C=O) groups excluding carboxylic acids is 1. The van der Waals surface area contributed by atoms with Crippen LogP contribution in [-0.4, -0.2) is 32.7 Å². The van der Waals surface area contributed by atoms with E-state index in [1.165, 1.54) is 12.1 Å². The number of nitrogen functional groups attached to an aromatic ring is 1. The van der Waals surface area contributed by atoms with Crippen molar-refractivity contribution in [3.05, 3.63) is 41.6 Å². The van der Waals surface area contributed by atoms with Gasteiger partial charge in [0.2, 0.25) is 5.91 Å². The van der Waals surface area contributed by atoms with E-state index in [1.807, 2.05) is 0 Å². The summed E-state index contributed by atoms with van der Waals surface area (Å²) < 4.78 is 37.8. The molecule has 0 saturated heterocycles. The number of nitrogens with one attached hydrogen (secondary N) is 1. The van der Waals surface area contributed by atoms with Crippen molar-refractivity contribution < 1.29 is 27.9 Å². The van der Waals surface area contributed by atoms with Crippen LogP contribution in [0, 0.1) is 0 Å². The maximum Gasteiger partial charge on any atom is 0.416 e. The van der Waals surface area contributed by atoms with Crippen LogP contribution in [0.4, 0.5) is 24.7 Å². The van der Waals surface area contributed by atoms with Crippen molar-refractivity contribution in [2.24, 2.45) is 0 Å². The van der Waals surface area contributed by atoms with Crippen LogP contribution in [0.5, 0.6) is 0 Å². The number of carboxylic acid groups (broad SMARTS) is 1. The highest BCUT2D eigenvalue weighted by Crippen LogP contribution is 2.30. The fourth-order valence-electron chi connectivity index (χ4n) is 1.71. The molecule has 0 saturated carbocycles. The van der Waals surface area contributed by atoms with Gasteiger partial charge in [0, 0.05) is 11.9 Å². The van der Waals surface area contributed by atoms with Gasteiger partial charge < -0.3 is 16.2 Å². The molecule has 0 spiro atoms. The second-order valence-electron chi connectivity index (χ2n) is 4.67. The smallest absolute Gasteiger partial charge is 0.416 e. The zero-order valence-electron chi connectivity index (χ0n) is 12.4. The SMILES string of the molecule is Nc1nc(SCC(=O)Nc2cccc(C(F)(F)F)c2)ncc1C(=O)O. The summed E-state index contributed by atoms with van der Waals surface area (Å²) in [5, 5.41) is 11.2. The Morgan fingerprint density at radius 1 is 1.32 bits per heavy atom.